The van der Waals surface area contributed by atoms with Crippen molar-refractivity contribution in [1.82, 2.24) is 10.3 Å². The van der Waals surface area contributed by atoms with Gasteiger partial charge in [0.15, 0.2) is 0 Å². The predicted octanol–water partition coefficient (Wildman–Crippen LogP) is 4.58. The van der Waals surface area contributed by atoms with Gasteiger partial charge in [-0.1, -0.05) is 28.9 Å². The number of aromatic nitrogens is 1. The van der Waals surface area contributed by atoms with Crippen LogP contribution in [-0.4, -0.2) is 11.5 Å². The van der Waals surface area contributed by atoms with Crippen molar-refractivity contribution in [2.75, 3.05) is 6.54 Å². The third kappa shape index (κ3) is 4.35. The first-order chi connectivity index (χ1) is 10.1. The van der Waals surface area contributed by atoms with E-state index in [-0.39, 0.29) is 11.9 Å². The maximum absolute atomic E-state index is 13.5. The number of halogens is 2. The first-order valence-corrected chi connectivity index (χ1v) is 8.00. The molecule has 0 spiro atoms. The van der Waals surface area contributed by atoms with E-state index in [1.807, 2.05) is 12.3 Å². The Balaban J connectivity index is 2.28. The molecule has 2 rings (SSSR count). The first-order valence-electron chi connectivity index (χ1n) is 7.20. The molecular weight excluding hydrogens is 331 g/mol. The molecule has 0 aliphatic heterocycles. The Kier molecular flexibility index (Phi) is 5.88. The van der Waals surface area contributed by atoms with Gasteiger partial charge in [0.25, 0.3) is 0 Å². The second-order valence-electron chi connectivity index (χ2n) is 5.15. The van der Waals surface area contributed by atoms with Gasteiger partial charge in [-0.05, 0) is 61.7 Å². The lowest BCUT2D eigenvalue weighted by Gasteiger charge is -2.20. The highest BCUT2D eigenvalue weighted by atomic mass is 79.9. The largest absolute Gasteiger partial charge is 0.308 e. The molecular formula is C17H20BrFN2. The number of hydrogen-bond acceptors (Lipinski definition) is 2. The average Bonchev–Trinajstić information content (AvgIpc) is 2.48. The fraction of sp³-hybridized carbons (Fsp3) is 0.353. The van der Waals surface area contributed by atoms with Gasteiger partial charge < -0.3 is 5.32 Å². The SMILES string of the molecule is CCCNC(Cc1cc(F)ccc1Br)c1ncccc1C. The maximum atomic E-state index is 13.5. The van der Waals surface area contributed by atoms with E-state index in [4.69, 9.17) is 0 Å². The van der Waals surface area contributed by atoms with Crippen LogP contribution in [-0.2, 0) is 6.42 Å². The Bertz CT molecular complexity index is 601. The van der Waals surface area contributed by atoms with Crippen LogP contribution < -0.4 is 5.32 Å². The molecule has 1 aromatic heterocycles. The number of pyridine rings is 1. The van der Waals surface area contributed by atoms with Crippen molar-refractivity contribution >= 4 is 15.9 Å². The fourth-order valence-corrected chi connectivity index (χ4v) is 2.77. The van der Waals surface area contributed by atoms with Crippen LogP contribution in [0.4, 0.5) is 4.39 Å². The predicted molar refractivity (Wildman–Crippen MR) is 87.8 cm³/mol. The van der Waals surface area contributed by atoms with Crippen LogP contribution in [0.2, 0.25) is 0 Å². The molecule has 0 amide bonds. The number of nitrogens with one attached hydrogen (secondary N) is 1. The minimum Gasteiger partial charge on any atom is -0.308 e. The normalized spacial score (nSPS) is 12.4. The number of rotatable bonds is 6. The molecule has 0 fully saturated rings. The second kappa shape index (κ2) is 7.66. The molecule has 0 aliphatic rings. The number of hydrogen-bond donors (Lipinski definition) is 1. The van der Waals surface area contributed by atoms with Gasteiger partial charge in [0.05, 0.1) is 11.7 Å². The van der Waals surface area contributed by atoms with Crippen molar-refractivity contribution in [2.24, 2.45) is 0 Å². The summed E-state index contributed by atoms with van der Waals surface area (Å²) in [7, 11) is 0. The number of benzene rings is 1. The molecule has 21 heavy (non-hydrogen) atoms. The third-order valence-electron chi connectivity index (χ3n) is 3.45. The first kappa shape index (κ1) is 16.1. The smallest absolute Gasteiger partial charge is 0.123 e. The Hall–Kier alpha value is -1.26. The molecule has 0 radical (unpaired) electrons. The quantitative estimate of drug-likeness (QED) is 0.824. The fourth-order valence-electron chi connectivity index (χ4n) is 2.37. The van der Waals surface area contributed by atoms with Gasteiger partial charge in [0.2, 0.25) is 0 Å². The summed E-state index contributed by atoms with van der Waals surface area (Å²) in [6.07, 6.45) is 3.56. The summed E-state index contributed by atoms with van der Waals surface area (Å²) in [6.45, 7) is 5.10. The molecule has 0 saturated heterocycles. The highest BCUT2D eigenvalue weighted by Crippen LogP contribution is 2.25. The topological polar surface area (TPSA) is 24.9 Å². The molecule has 1 atom stereocenters. The van der Waals surface area contributed by atoms with Gasteiger partial charge in [-0.3, -0.25) is 4.98 Å². The monoisotopic (exact) mass is 350 g/mol. The Morgan fingerprint density at radius 2 is 2.14 bits per heavy atom. The molecule has 0 bridgehead atoms. The molecule has 0 saturated carbocycles. The van der Waals surface area contributed by atoms with E-state index in [1.165, 1.54) is 6.07 Å². The van der Waals surface area contributed by atoms with Crippen LogP contribution in [0.3, 0.4) is 0 Å². The lowest BCUT2D eigenvalue weighted by atomic mass is 9.99. The average molecular weight is 351 g/mol. The van der Waals surface area contributed by atoms with Gasteiger partial charge in [-0.2, -0.15) is 0 Å². The summed E-state index contributed by atoms with van der Waals surface area (Å²) in [6, 6.07) is 8.89. The molecule has 1 heterocycles. The van der Waals surface area contributed by atoms with Crippen LogP contribution in [0, 0.1) is 12.7 Å². The molecule has 112 valence electrons. The van der Waals surface area contributed by atoms with E-state index < -0.39 is 0 Å². The summed E-state index contributed by atoms with van der Waals surface area (Å²) in [5.74, 6) is -0.208. The summed E-state index contributed by atoms with van der Waals surface area (Å²) in [4.78, 5) is 4.51. The standard InChI is InChI=1S/C17H20BrFN2/c1-3-8-20-16(17-12(2)5-4-9-21-17)11-13-10-14(19)6-7-15(13)18/h4-7,9-10,16,20H,3,8,11H2,1-2H3. The molecule has 2 aromatic rings. The van der Waals surface area contributed by atoms with Crippen LogP contribution in [0.1, 0.15) is 36.2 Å². The zero-order chi connectivity index (χ0) is 15.2. The molecule has 1 unspecified atom stereocenters. The molecule has 4 heteroatoms. The van der Waals surface area contributed by atoms with Gasteiger partial charge in [-0.25, -0.2) is 4.39 Å². The van der Waals surface area contributed by atoms with E-state index in [0.29, 0.717) is 6.42 Å². The minimum absolute atomic E-state index is 0.0873. The van der Waals surface area contributed by atoms with Crippen molar-refractivity contribution in [3.63, 3.8) is 0 Å². The lowest BCUT2D eigenvalue weighted by molar-refractivity contribution is 0.513. The second-order valence-corrected chi connectivity index (χ2v) is 6.01. The highest BCUT2D eigenvalue weighted by Gasteiger charge is 2.16. The van der Waals surface area contributed by atoms with Gasteiger partial charge in [0.1, 0.15) is 5.82 Å². The van der Waals surface area contributed by atoms with Crippen molar-refractivity contribution in [3.8, 4) is 0 Å². The van der Waals surface area contributed by atoms with Crippen molar-refractivity contribution < 1.29 is 4.39 Å². The van der Waals surface area contributed by atoms with Gasteiger partial charge >= 0.3 is 0 Å². The highest BCUT2D eigenvalue weighted by molar-refractivity contribution is 9.10. The van der Waals surface area contributed by atoms with Crippen LogP contribution in [0.25, 0.3) is 0 Å². The van der Waals surface area contributed by atoms with Crippen molar-refractivity contribution in [1.29, 1.82) is 0 Å². The van der Waals surface area contributed by atoms with Crippen LogP contribution in [0.5, 0.6) is 0 Å². The molecule has 1 N–H and O–H groups in total. The van der Waals surface area contributed by atoms with Crippen molar-refractivity contribution in [2.45, 2.75) is 32.7 Å². The Morgan fingerprint density at radius 1 is 1.33 bits per heavy atom. The summed E-state index contributed by atoms with van der Waals surface area (Å²) >= 11 is 3.50. The summed E-state index contributed by atoms with van der Waals surface area (Å²) in [5.41, 5.74) is 3.13. The third-order valence-corrected chi connectivity index (χ3v) is 4.23. The van der Waals surface area contributed by atoms with E-state index >= 15 is 0 Å². The Labute approximate surface area is 133 Å². The molecule has 1 aromatic carbocycles. The summed E-state index contributed by atoms with van der Waals surface area (Å²) in [5, 5.41) is 3.52. The summed E-state index contributed by atoms with van der Waals surface area (Å²) < 4.78 is 14.4. The van der Waals surface area contributed by atoms with Crippen molar-refractivity contribution in [3.05, 3.63) is 63.6 Å². The van der Waals surface area contributed by atoms with E-state index in [9.17, 15) is 4.39 Å². The van der Waals surface area contributed by atoms with Crippen LogP contribution in [0.15, 0.2) is 41.0 Å². The van der Waals surface area contributed by atoms with E-state index in [0.717, 1.165) is 34.3 Å². The van der Waals surface area contributed by atoms with E-state index in [1.54, 1.807) is 12.1 Å². The minimum atomic E-state index is -0.208. The zero-order valence-electron chi connectivity index (χ0n) is 12.4. The maximum Gasteiger partial charge on any atom is 0.123 e. The number of nitrogens with zero attached hydrogens (tertiary/aromatic N) is 1. The Morgan fingerprint density at radius 3 is 2.86 bits per heavy atom. The zero-order valence-corrected chi connectivity index (χ0v) is 14.0. The molecule has 0 aliphatic carbocycles. The van der Waals surface area contributed by atoms with E-state index in [2.05, 4.69) is 46.1 Å². The van der Waals surface area contributed by atoms with Crippen LogP contribution >= 0.6 is 15.9 Å². The molecule has 2 nitrogen and oxygen atoms in total. The lowest BCUT2D eigenvalue weighted by Crippen LogP contribution is -2.26. The van der Waals surface area contributed by atoms with Gasteiger partial charge in [0, 0.05) is 10.7 Å². The number of aryl methyl sites for hydroxylation is 1. The van der Waals surface area contributed by atoms with Gasteiger partial charge in [-0.15, -0.1) is 0 Å².